The smallest absolute Gasteiger partial charge is 0.498 e. The first-order valence-corrected chi connectivity index (χ1v) is 3.13. The second-order valence-electron chi connectivity index (χ2n) is 0.696. The second kappa shape index (κ2) is 15.8. The number of rotatable bonds is 1. The minimum Gasteiger partial charge on any atom is -0.527 e. The zero-order valence-electron chi connectivity index (χ0n) is 3.32. The van der Waals surface area contributed by atoms with Crippen molar-refractivity contribution < 1.29 is 8.89 Å². The Morgan fingerprint density at radius 1 is 1.25 bits per heavy atom. The molecular weight excluding hydrogens is 120 g/mol. The molecule has 0 spiro atoms. The third kappa shape index (κ3) is 40.9. The third-order valence-corrected chi connectivity index (χ3v) is 0.862. The lowest BCUT2D eigenvalue weighted by atomic mass is 11.8. The molecule has 54 valence electrons. The van der Waals surface area contributed by atoms with E-state index >= 15 is 0 Å². The first-order valence-electron chi connectivity index (χ1n) is 1.32. The molecule has 0 saturated carbocycles. The average Bonchev–Trinajstić information content (AvgIpc) is 1.38. The Kier molecular flexibility index (Phi) is 49.3. The zero-order chi connectivity index (χ0) is 4.28. The Balaban J connectivity index is -0.0000000267. The lowest BCUT2D eigenvalue weighted by molar-refractivity contribution is 0.370. The van der Waals surface area contributed by atoms with E-state index in [9.17, 15) is 4.46 Å². The van der Waals surface area contributed by atoms with Crippen molar-refractivity contribution in [1.29, 1.82) is 0 Å². The van der Waals surface area contributed by atoms with Crippen molar-refractivity contribution in [3.8, 4) is 0 Å². The van der Waals surface area contributed by atoms with Gasteiger partial charge in [-0.15, -0.1) is 0 Å². The van der Waals surface area contributed by atoms with E-state index < -0.39 is 8.93 Å². The highest BCUT2D eigenvalue weighted by Gasteiger charge is 1.84. The molecule has 0 aliphatic carbocycles. The number of hydrogen-bond donors (Lipinski definition) is 0. The maximum atomic E-state index is 9.78. The quantitative estimate of drug-likeness (QED) is 0.519. The molecule has 0 saturated heterocycles. The molecule has 0 amide bonds. The van der Waals surface area contributed by atoms with Gasteiger partial charge in [0.25, 0.3) is 0 Å². The molecule has 0 aliphatic rings. The highest BCUT2D eigenvalue weighted by atomic mass is 28.3. The third-order valence-electron chi connectivity index (χ3n) is 0.287. The van der Waals surface area contributed by atoms with E-state index in [-0.39, 0.29) is 22.3 Å². The lowest BCUT2D eigenvalue weighted by Crippen LogP contribution is -1.92. The summed E-state index contributed by atoms with van der Waals surface area (Å²) in [6.07, 6.45) is 0. The molecule has 0 aromatic carbocycles. The topological polar surface area (TPSA) is 26.3 Å². The van der Waals surface area contributed by atoms with Crippen LogP contribution < -0.4 is 0 Å². The molecule has 8 heavy (non-hydrogen) atoms. The van der Waals surface area contributed by atoms with Crippen LogP contribution in [-0.2, 0) is 8.89 Å². The predicted molar refractivity (Wildman–Crippen MR) is 39.5 cm³/mol. The molecular formula is C5H18O2Si. The first-order chi connectivity index (χ1) is 2.27. The van der Waals surface area contributed by atoms with Gasteiger partial charge < -0.3 is 8.89 Å². The van der Waals surface area contributed by atoms with Crippen molar-refractivity contribution in [2.24, 2.45) is 0 Å². The van der Waals surface area contributed by atoms with Crippen LogP contribution in [-0.4, -0.2) is 16.0 Å². The monoisotopic (exact) mass is 138 g/mol. The maximum absolute atomic E-state index is 9.78. The fourth-order valence-electron chi connectivity index (χ4n) is 0. The maximum Gasteiger partial charge on any atom is 0.498 e. The lowest BCUT2D eigenvalue weighted by Gasteiger charge is -1.79. The van der Waals surface area contributed by atoms with Crippen molar-refractivity contribution in [2.75, 3.05) is 7.11 Å². The van der Waals surface area contributed by atoms with Crippen LogP contribution in [0.4, 0.5) is 0 Å². The van der Waals surface area contributed by atoms with E-state index in [0.29, 0.717) is 0 Å². The van der Waals surface area contributed by atoms with E-state index in [1.54, 1.807) is 6.55 Å². The molecule has 0 aromatic heterocycles. The summed E-state index contributed by atoms with van der Waals surface area (Å²) in [6, 6.07) is 0. The van der Waals surface area contributed by atoms with Gasteiger partial charge in [-0.05, 0) is 0 Å². The SMILES string of the molecule is C.C.C.CO[Si](C)=O. The van der Waals surface area contributed by atoms with Crippen LogP contribution in [0.5, 0.6) is 0 Å². The Labute approximate surface area is 54.7 Å². The Bertz CT molecular complexity index is 45.7. The van der Waals surface area contributed by atoms with Gasteiger partial charge in [0.2, 0.25) is 0 Å². The van der Waals surface area contributed by atoms with Gasteiger partial charge in [0.15, 0.2) is 0 Å². The Hall–Kier alpha value is -0.183. The standard InChI is InChI=1S/C2H6O2Si.3CH4/c1-4-5(2)3;;;/h1-2H3;3*1H4. The van der Waals surface area contributed by atoms with Crippen molar-refractivity contribution in [3.05, 3.63) is 0 Å². The van der Waals surface area contributed by atoms with Crippen LogP contribution in [0.2, 0.25) is 6.55 Å². The van der Waals surface area contributed by atoms with Gasteiger partial charge in [0.1, 0.15) is 0 Å². The molecule has 0 bridgehead atoms. The van der Waals surface area contributed by atoms with Crippen LogP contribution in [0.1, 0.15) is 22.3 Å². The van der Waals surface area contributed by atoms with Gasteiger partial charge >= 0.3 is 8.93 Å². The first kappa shape index (κ1) is 24.9. The average molecular weight is 138 g/mol. The largest absolute Gasteiger partial charge is 0.527 e. The molecule has 0 fully saturated rings. The van der Waals surface area contributed by atoms with Crippen LogP contribution in [0.3, 0.4) is 0 Å². The molecule has 0 atom stereocenters. The summed E-state index contributed by atoms with van der Waals surface area (Å²) < 4.78 is 14.1. The van der Waals surface area contributed by atoms with E-state index in [2.05, 4.69) is 4.43 Å². The van der Waals surface area contributed by atoms with E-state index in [4.69, 9.17) is 0 Å². The molecule has 0 aliphatic heterocycles. The van der Waals surface area contributed by atoms with E-state index in [1.807, 2.05) is 0 Å². The highest BCUT2D eigenvalue weighted by molar-refractivity contribution is 6.32. The van der Waals surface area contributed by atoms with Crippen molar-refractivity contribution in [3.63, 3.8) is 0 Å². The molecule has 0 radical (unpaired) electrons. The van der Waals surface area contributed by atoms with E-state index in [1.165, 1.54) is 7.11 Å². The van der Waals surface area contributed by atoms with Gasteiger partial charge in [-0.25, -0.2) is 0 Å². The van der Waals surface area contributed by atoms with Gasteiger partial charge in [-0.3, -0.25) is 0 Å². The minimum atomic E-state index is -1.62. The molecule has 0 heterocycles. The summed E-state index contributed by atoms with van der Waals surface area (Å²) in [4.78, 5) is 0. The predicted octanol–water partition coefficient (Wildman–Crippen LogP) is 2.09. The van der Waals surface area contributed by atoms with Crippen LogP contribution >= 0.6 is 0 Å². The molecule has 0 aromatic rings. The normalized spacial score (nSPS) is 4.25. The summed E-state index contributed by atoms with van der Waals surface area (Å²) in [6.45, 7) is 1.55. The summed E-state index contributed by atoms with van der Waals surface area (Å²) in [5.74, 6) is 0. The summed E-state index contributed by atoms with van der Waals surface area (Å²) in [5.41, 5.74) is 0. The van der Waals surface area contributed by atoms with Crippen molar-refractivity contribution in [2.45, 2.75) is 28.8 Å². The van der Waals surface area contributed by atoms with Crippen LogP contribution in [0, 0.1) is 0 Å². The summed E-state index contributed by atoms with van der Waals surface area (Å²) in [7, 11) is -0.192. The Morgan fingerprint density at radius 3 is 1.38 bits per heavy atom. The van der Waals surface area contributed by atoms with Gasteiger partial charge in [-0.2, -0.15) is 0 Å². The molecule has 3 heteroatoms. The Morgan fingerprint density at radius 2 is 1.38 bits per heavy atom. The second-order valence-corrected chi connectivity index (χ2v) is 2.09. The van der Waals surface area contributed by atoms with Crippen molar-refractivity contribution in [1.82, 2.24) is 0 Å². The number of hydrogen-bond acceptors (Lipinski definition) is 2. The zero-order valence-corrected chi connectivity index (χ0v) is 4.32. The van der Waals surface area contributed by atoms with Crippen LogP contribution in [0.15, 0.2) is 0 Å². The fourth-order valence-corrected chi connectivity index (χ4v) is 0. The van der Waals surface area contributed by atoms with Gasteiger partial charge in [0, 0.05) is 6.55 Å². The van der Waals surface area contributed by atoms with E-state index in [0.717, 1.165) is 0 Å². The summed E-state index contributed by atoms with van der Waals surface area (Å²) >= 11 is 0. The molecule has 0 N–H and O–H groups in total. The molecule has 0 rings (SSSR count). The minimum absolute atomic E-state index is 0. The van der Waals surface area contributed by atoms with Crippen LogP contribution in [0.25, 0.3) is 0 Å². The van der Waals surface area contributed by atoms with Crippen molar-refractivity contribution >= 4 is 8.93 Å². The molecule has 0 unspecified atom stereocenters. The fraction of sp³-hybridized carbons (Fsp3) is 1.00. The summed E-state index contributed by atoms with van der Waals surface area (Å²) in [5, 5.41) is 0. The van der Waals surface area contributed by atoms with Gasteiger partial charge in [0.05, 0.1) is 7.11 Å². The molecule has 2 nitrogen and oxygen atoms in total. The highest BCUT2D eigenvalue weighted by Crippen LogP contribution is 1.58. The van der Waals surface area contributed by atoms with Gasteiger partial charge in [-0.1, -0.05) is 22.3 Å².